The predicted molar refractivity (Wildman–Crippen MR) is 78.1 cm³/mol. The predicted octanol–water partition coefficient (Wildman–Crippen LogP) is 2.40. The lowest BCUT2D eigenvalue weighted by Crippen LogP contribution is -2.51. The maximum atomic E-state index is 6.06. The third kappa shape index (κ3) is 2.98. The van der Waals surface area contributed by atoms with Crippen LogP contribution in [0.3, 0.4) is 0 Å². The molecule has 110 valence electrons. The van der Waals surface area contributed by atoms with Crippen LogP contribution in [0.1, 0.15) is 51.4 Å². The Kier molecular flexibility index (Phi) is 4.45. The molecule has 0 amide bonds. The summed E-state index contributed by atoms with van der Waals surface area (Å²) in [5, 5.41) is 0. The van der Waals surface area contributed by atoms with Crippen molar-refractivity contribution in [3.63, 3.8) is 0 Å². The van der Waals surface area contributed by atoms with Crippen molar-refractivity contribution in [2.75, 3.05) is 32.8 Å². The molecule has 3 heteroatoms. The highest BCUT2D eigenvalue weighted by atomic mass is 16.5. The van der Waals surface area contributed by atoms with Gasteiger partial charge in [0.25, 0.3) is 0 Å². The highest BCUT2D eigenvalue weighted by Gasteiger charge is 2.38. The van der Waals surface area contributed by atoms with Gasteiger partial charge >= 0.3 is 0 Å². The third-order valence-corrected chi connectivity index (χ3v) is 5.99. The first kappa shape index (κ1) is 13.8. The number of hydrogen-bond donors (Lipinski definition) is 1. The third-order valence-electron chi connectivity index (χ3n) is 5.99. The molecule has 19 heavy (non-hydrogen) atoms. The van der Waals surface area contributed by atoms with E-state index < -0.39 is 0 Å². The van der Waals surface area contributed by atoms with Crippen molar-refractivity contribution in [2.45, 2.75) is 57.4 Å². The van der Waals surface area contributed by atoms with Gasteiger partial charge in [-0.2, -0.15) is 0 Å². The fraction of sp³-hybridized carbons (Fsp3) is 1.00. The SMILES string of the molecule is NCC(C1CCOC1)N1CCC2(CCCCC2)CC1. The van der Waals surface area contributed by atoms with Gasteiger partial charge in [-0.3, -0.25) is 4.90 Å². The molecule has 1 saturated carbocycles. The summed E-state index contributed by atoms with van der Waals surface area (Å²) < 4.78 is 5.56. The fourth-order valence-electron chi connectivity index (χ4n) is 4.63. The first-order valence-corrected chi connectivity index (χ1v) is 8.35. The van der Waals surface area contributed by atoms with E-state index in [1.165, 1.54) is 64.5 Å². The van der Waals surface area contributed by atoms with Crippen LogP contribution in [0.4, 0.5) is 0 Å². The van der Waals surface area contributed by atoms with E-state index >= 15 is 0 Å². The first-order valence-electron chi connectivity index (χ1n) is 8.35. The van der Waals surface area contributed by atoms with Crippen molar-refractivity contribution in [1.29, 1.82) is 0 Å². The maximum Gasteiger partial charge on any atom is 0.0510 e. The average Bonchev–Trinajstić information content (AvgIpc) is 2.97. The molecule has 2 atom stereocenters. The molecule has 1 spiro atoms. The van der Waals surface area contributed by atoms with E-state index in [1.807, 2.05) is 0 Å². The molecule has 0 aromatic rings. The molecule has 0 radical (unpaired) electrons. The maximum absolute atomic E-state index is 6.06. The van der Waals surface area contributed by atoms with E-state index in [1.54, 1.807) is 0 Å². The van der Waals surface area contributed by atoms with Crippen LogP contribution < -0.4 is 5.73 Å². The Morgan fingerprint density at radius 2 is 1.84 bits per heavy atom. The van der Waals surface area contributed by atoms with Gasteiger partial charge in [0.15, 0.2) is 0 Å². The van der Waals surface area contributed by atoms with E-state index in [0.717, 1.165) is 19.8 Å². The molecule has 3 rings (SSSR count). The van der Waals surface area contributed by atoms with Crippen molar-refractivity contribution < 1.29 is 4.74 Å². The lowest BCUT2D eigenvalue weighted by Gasteiger charge is -2.47. The van der Waals surface area contributed by atoms with Crippen LogP contribution in [-0.4, -0.2) is 43.8 Å². The lowest BCUT2D eigenvalue weighted by atomic mass is 9.68. The van der Waals surface area contributed by atoms with Crippen LogP contribution in [0, 0.1) is 11.3 Å². The Hall–Kier alpha value is -0.120. The zero-order valence-electron chi connectivity index (χ0n) is 12.3. The molecule has 2 aliphatic heterocycles. The number of likely N-dealkylation sites (tertiary alicyclic amines) is 1. The van der Waals surface area contributed by atoms with Crippen LogP contribution in [0.2, 0.25) is 0 Å². The highest BCUT2D eigenvalue weighted by molar-refractivity contribution is 4.92. The first-order chi connectivity index (χ1) is 9.33. The lowest BCUT2D eigenvalue weighted by molar-refractivity contribution is 0.0288. The molecule has 1 aliphatic carbocycles. The zero-order chi connectivity index (χ0) is 13.1. The van der Waals surface area contributed by atoms with E-state index in [2.05, 4.69) is 4.90 Å². The molecule has 3 fully saturated rings. The van der Waals surface area contributed by atoms with Crippen molar-refractivity contribution in [1.82, 2.24) is 4.90 Å². The number of rotatable bonds is 3. The van der Waals surface area contributed by atoms with E-state index in [-0.39, 0.29) is 0 Å². The summed E-state index contributed by atoms with van der Waals surface area (Å²) in [4.78, 5) is 2.68. The Labute approximate surface area is 117 Å². The van der Waals surface area contributed by atoms with Gasteiger partial charge in [-0.15, -0.1) is 0 Å². The van der Waals surface area contributed by atoms with Crippen LogP contribution in [0.5, 0.6) is 0 Å². The van der Waals surface area contributed by atoms with Gasteiger partial charge in [-0.25, -0.2) is 0 Å². The van der Waals surface area contributed by atoms with Crippen LogP contribution in [0.15, 0.2) is 0 Å². The normalized spacial score (nSPS) is 33.6. The molecule has 3 nitrogen and oxygen atoms in total. The molecule has 3 aliphatic rings. The smallest absolute Gasteiger partial charge is 0.0510 e. The monoisotopic (exact) mass is 266 g/mol. The summed E-state index contributed by atoms with van der Waals surface area (Å²) in [6.45, 7) is 5.24. The van der Waals surface area contributed by atoms with Gasteiger partial charge in [-0.1, -0.05) is 19.3 Å². The minimum atomic E-state index is 0.573. The largest absolute Gasteiger partial charge is 0.381 e. The van der Waals surface area contributed by atoms with Gasteiger partial charge in [0.1, 0.15) is 0 Å². The zero-order valence-corrected chi connectivity index (χ0v) is 12.3. The van der Waals surface area contributed by atoms with Crippen molar-refractivity contribution in [2.24, 2.45) is 17.1 Å². The topological polar surface area (TPSA) is 38.5 Å². The van der Waals surface area contributed by atoms with Crippen LogP contribution >= 0.6 is 0 Å². The highest BCUT2D eigenvalue weighted by Crippen LogP contribution is 2.45. The van der Waals surface area contributed by atoms with E-state index in [4.69, 9.17) is 10.5 Å². The number of piperidine rings is 1. The molecule has 0 aromatic heterocycles. The van der Waals surface area contributed by atoms with Gasteiger partial charge in [0.05, 0.1) is 6.61 Å². The van der Waals surface area contributed by atoms with Gasteiger partial charge in [0.2, 0.25) is 0 Å². The summed E-state index contributed by atoms with van der Waals surface area (Å²) in [5.74, 6) is 0.686. The summed E-state index contributed by atoms with van der Waals surface area (Å²) in [6.07, 6.45) is 11.4. The number of nitrogens with two attached hydrogens (primary N) is 1. The van der Waals surface area contributed by atoms with Gasteiger partial charge < -0.3 is 10.5 Å². The molecule has 2 heterocycles. The van der Waals surface area contributed by atoms with Gasteiger partial charge in [0, 0.05) is 25.1 Å². The molecule has 2 unspecified atom stereocenters. The van der Waals surface area contributed by atoms with Gasteiger partial charge in [-0.05, 0) is 50.6 Å². The molecule has 2 saturated heterocycles. The number of ether oxygens (including phenoxy) is 1. The van der Waals surface area contributed by atoms with Crippen LogP contribution in [0.25, 0.3) is 0 Å². The van der Waals surface area contributed by atoms with E-state index in [9.17, 15) is 0 Å². The summed E-state index contributed by atoms with van der Waals surface area (Å²) >= 11 is 0. The van der Waals surface area contributed by atoms with Crippen LogP contribution in [-0.2, 0) is 4.74 Å². The Balaban J connectivity index is 1.56. The fourth-order valence-corrected chi connectivity index (χ4v) is 4.63. The van der Waals surface area contributed by atoms with Crippen molar-refractivity contribution in [3.8, 4) is 0 Å². The second-order valence-electron chi connectivity index (χ2n) is 7.02. The van der Waals surface area contributed by atoms with Crippen molar-refractivity contribution in [3.05, 3.63) is 0 Å². The molecule has 2 N–H and O–H groups in total. The Bertz CT molecular complexity index is 272. The molecule has 0 bridgehead atoms. The molecule has 0 aromatic carbocycles. The minimum absolute atomic E-state index is 0.573. The summed E-state index contributed by atoms with van der Waals surface area (Å²) in [5.41, 5.74) is 6.76. The quantitative estimate of drug-likeness (QED) is 0.852. The second-order valence-corrected chi connectivity index (χ2v) is 7.02. The van der Waals surface area contributed by atoms with Crippen molar-refractivity contribution >= 4 is 0 Å². The molecular formula is C16H30N2O. The number of hydrogen-bond acceptors (Lipinski definition) is 3. The summed E-state index contributed by atoms with van der Waals surface area (Å²) in [6, 6.07) is 0.573. The standard InChI is InChI=1S/C16H30N2O/c17-12-15(14-4-11-19-13-14)18-9-7-16(8-10-18)5-2-1-3-6-16/h14-15H,1-13,17H2. The molecular weight excluding hydrogens is 236 g/mol. The number of nitrogens with zero attached hydrogens (tertiary/aromatic N) is 1. The minimum Gasteiger partial charge on any atom is -0.381 e. The second kappa shape index (κ2) is 6.11. The Morgan fingerprint density at radius 1 is 1.11 bits per heavy atom. The average molecular weight is 266 g/mol. The summed E-state index contributed by atoms with van der Waals surface area (Å²) in [7, 11) is 0. The van der Waals surface area contributed by atoms with E-state index in [0.29, 0.717) is 17.4 Å². The Morgan fingerprint density at radius 3 is 2.42 bits per heavy atom.